The van der Waals surface area contributed by atoms with Crippen LogP contribution < -0.4 is 9.47 Å². The van der Waals surface area contributed by atoms with Crippen LogP contribution in [0.4, 0.5) is 0 Å². The molecule has 180 valence electrons. The minimum atomic E-state index is -0.388. The van der Waals surface area contributed by atoms with Gasteiger partial charge in [-0.3, -0.25) is 9.89 Å². The number of aromatic amines is 1. The number of fused-ring (bicyclic) bond motifs is 1. The number of ether oxygens (including phenoxy) is 2. The molecule has 34 heavy (non-hydrogen) atoms. The number of aromatic hydroxyl groups is 1. The Kier molecular flexibility index (Phi) is 7.32. The molecule has 2 N–H and O–H groups in total. The lowest BCUT2D eigenvalue weighted by Gasteiger charge is -2.27. The van der Waals surface area contributed by atoms with Gasteiger partial charge in [0.1, 0.15) is 17.1 Å². The van der Waals surface area contributed by atoms with E-state index in [1.807, 2.05) is 36.9 Å². The van der Waals surface area contributed by atoms with E-state index in [-0.39, 0.29) is 17.7 Å². The van der Waals surface area contributed by atoms with E-state index in [1.54, 1.807) is 12.1 Å². The van der Waals surface area contributed by atoms with Crippen LogP contribution in [0.1, 0.15) is 67.7 Å². The summed E-state index contributed by atoms with van der Waals surface area (Å²) in [5.41, 5.74) is 3.04. The fourth-order valence-corrected chi connectivity index (χ4v) is 4.62. The molecule has 0 spiro atoms. The molecule has 0 aliphatic carbocycles. The average molecular weight is 484 g/mol. The molecule has 1 atom stereocenters. The number of unbranched alkanes of at least 4 members (excludes halogenated alkanes) is 2. The van der Waals surface area contributed by atoms with Gasteiger partial charge < -0.3 is 19.5 Å². The number of carbonyl (C=O) groups excluding carboxylic acids is 1. The van der Waals surface area contributed by atoms with Crippen molar-refractivity contribution in [3.05, 3.63) is 58.2 Å². The molecule has 3 aromatic rings. The minimum Gasteiger partial charge on any atom is -0.507 e. The quantitative estimate of drug-likeness (QED) is 0.347. The predicted molar refractivity (Wildman–Crippen MR) is 132 cm³/mol. The molecule has 2 aromatic carbocycles. The Balaban J connectivity index is 1.86. The first-order valence-corrected chi connectivity index (χ1v) is 12.2. The van der Waals surface area contributed by atoms with E-state index in [0.717, 1.165) is 30.4 Å². The topological polar surface area (TPSA) is 87.7 Å². The average Bonchev–Trinajstić information content (AvgIpc) is 3.36. The van der Waals surface area contributed by atoms with E-state index in [9.17, 15) is 9.90 Å². The number of hydrogen-bond acceptors (Lipinski definition) is 5. The van der Waals surface area contributed by atoms with Crippen LogP contribution in [-0.4, -0.2) is 45.9 Å². The van der Waals surface area contributed by atoms with Crippen molar-refractivity contribution in [2.24, 2.45) is 0 Å². The first-order valence-electron chi connectivity index (χ1n) is 11.8. The summed E-state index contributed by atoms with van der Waals surface area (Å²) in [5.74, 6) is 1.24. The molecule has 0 radical (unpaired) electrons. The number of nitrogens with zero attached hydrogens (tertiary/aromatic N) is 2. The Labute approximate surface area is 204 Å². The predicted octanol–water partition coefficient (Wildman–Crippen LogP) is 5.97. The number of phenols is 1. The second-order valence-corrected chi connectivity index (χ2v) is 8.64. The lowest BCUT2D eigenvalue weighted by molar-refractivity contribution is 0.0740. The van der Waals surface area contributed by atoms with Crippen molar-refractivity contribution < 1.29 is 19.4 Å². The summed E-state index contributed by atoms with van der Waals surface area (Å²) in [6, 6.07) is 10.2. The van der Waals surface area contributed by atoms with Gasteiger partial charge in [-0.15, -0.1) is 0 Å². The zero-order valence-electron chi connectivity index (χ0n) is 19.7. The van der Waals surface area contributed by atoms with E-state index in [0.29, 0.717) is 53.2 Å². The fourth-order valence-electron chi connectivity index (χ4n) is 4.45. The van der Waals surface area contributed by atoms with Crippen molar-refractivity contribution in [3.8, 4) is 28.5 Å². The maximum absolute atomic E-state index is 13.5. The van der Waals surface area contributed by atoms with Crippen LogP contribution in [0.2, 0.25) is 5.02 Å². The van der Waals surface area contributed by atoms with Crippen LogP contribution in [0, 0.1) is 0 Å². The maximum atomic E-state index is 13.5. The van der Waals surface area contributed by atoms with Gasteiger partial charge in [-0.2, -0.15) is 5.10 Å². The lowest BCUT2D eigenvalue weighted by Crippen LogP contribution is -2.30. The zero-order chi connectivity index (χ0) is 24.2. The first-order chi connectivity index (χ1) is 16.5. The molecule has 8 heteroatoms. The van der Waals surface area contributed by atoms with Crippen molar-refractivity contribution in [2.75, 3.05) is 19.8 Å². The third-order valence-electron chi connectivity index (χ3n) is 5.96. The van der Waals surface area contributed by atoms with Crippen LogP contribution in [0.3, 0.4) is 0 Å². The highest BCUT2D eigenvalue weighted by molar-refractivity contribution is 6.31. The molecular weight excluding hydrogens is 454 g/mol. The van der Waals surface area contributed by atoms with Crippen molar-refractivity contribution in [1.29, 1.82) is 0 Å². The van der Waals surface area contributed by atoms with Gasteiger partial charge in [0.2, 0.25) is 0 Å². The van der Waals surface area contributed by atoms with Gasteiger partial charge in [0.05, 0.1) is 19.3 Å². The standard InChI is InChI=1S/C26H30ClN3O4/c1-4-7-8-13-30-25(16-9-12-20(33-5-2)21(14-16)34-6-3)22-23(28-29-24(22)26(30)32)18-15-17(27)10-11-19(18)31/h9-12,14-15,25,31H,4-8,13H2,1-3H3,(H,28,29). The maximum Gasteiger partial charge on any atom is 0.273 e. The monoisotopic (exact) mass is 483 g/mol. The van der Waals surface area contributed by atoms with E-state index < -0.39 is 0 Å². The Bertz CT molecular complexity index is 1180. The highest BCUT2D eigenvalue weighted by Crippen LogP contribution is 2.46. The molecule has 1 unspecified atom stereocenters. The second kappa shape index (κ2) is 10.4. The number of amides is 1. The van der Waals surface area contributed by atoms with Crippen molar-refractivity contribution in [2.45, 2.75) is 46.1 Å². The Morgan fingerprint density at radius 3 is 2.56 bits per heavy atom. The summed E-state index contributed by atoms with van der Waals surface area (Å²) in [5, 5.41) is 18.4. The van der Waals surface area contributed by atoms with Gasteiger partial charge in [0.15, 0.2) is 11.5 Å². The van der Waals surface area contributed by atoms with Gasteiger partial charge in [0.25, 0.3) is 5.91 Å². The normalized spacial score (nSPS) is 15.0. The Morgan fingerprint density at radius 1 is 1.06 bits per heavy atom. The summed E-state index contributed by atoms with van der Waals surface area (Å²) < 4.78 is 11.6. The summed E-state index contributed by atoms with van der Waals surface area (Å²) in [6.07, 6.45) is 2.97. The van der Waals surface area contributed by atoms with E-state index in [1.165, 1.54) is 6.07 Å². The van der Waals surface area contributed by atoms with Crippen LogP contribution in [0.5, 0.6) is 17.2 Å². The molecule has 0 fully saturated rings. The van der Waals surface area contributed by atoms with Gasteiger partial charge in [-0.25, -0.2) is 0 Å². The van der Waals surface area contributed by atoms with Crippen LogP contribution in [0.15, 0.2) is 36.4 Å². The lowest BCUT2D eigenvalue weighted by atomic mass is 9.95. The molecule has 0 bridgehead atoms. The number of benzene rings is 2. The highest BCUT2D eigenvalue weighted by atomic mass is 35.5. The molecule has 1 aliphatic heterocycles. The van der Waals surface area contributed by atoms with Gasteiger partial charge in [-0.1, -0.05) is 37.4 Å². The second-order valence-electron chi connectivity index (χ2n) is 8.20. The molecule has 1 aromatic heterocycles. The smallest absolute Gasteiger partial charge is 0.273 e. The van der Waals surface area contributed by atoms with Crippen molar-refractivity contribution in [1.82, 2.24) is 15.1 Å². The molecule has 1 amide bonds. The summed E-state index contributed by atoms with van der Waals surface area (Å²) in [7, 11) is 0. The van der Waals surface area contributed by atoms with Crippen LogP contribution in [0.25, 0.3) is 11.3 Å². The zero-order valence-corrected chi connectivity index (χ0v) is 20.5. The third kappa shape index (κ3) is 4.44. The van der Waals surface area contributed by atoms with Gasteiger partial charge in [-0.05, 0) is 56.2 Å². The number of carbonyl (C=O) groups is 1. The van der Waals surface area contributed by atoms with E-state index in [2.05, 4.69) is 17.1 Å². The minimum absolute atomic E-state index is 0.0519. The number of hydrogen-bond donors (Lipinski definition) is 2. The fraction of sp³-hybridized carbons (Fsp3) is 0.385. The van der Waals surface area contributed by atoms with E-state index >= 15 is 0 Å². The molecule has 1 aliphatic rings. The molecule has 4 rings (SSSR count). The number of nitrogens with one attached hydrogen (secondary N) is 1. The van der Waals surface area contributed by atoms with E-state index in [4.69, 9.17) is 21.1 Å². The summed E-state index contributed by atoms with van der Waals surface area (Å²) in [4.78, 5) is 15.3. The third-order valence-corrected chi connectivity index (χ3v) is 6.20. The Morgan fingerprint density at radius 2 is 1.82 bits per heavy atom. The highest BCUT2D eigenvalue weighted by Gasteiger charge is 2.42. The number of aromatic nitrogens is 2. The summed E-state index contributed by atoms with van der Waals surface area (Å²) >= 11 is 6.23. The van der Waals surface area contributed by atoms with Gasteiger partial charge >= 0.3 is 0 Å². The molecule has 0 saturated carbocycles. The molecule has 7 nitrogen and oxygen atoms in total. The number of H-pyrrole nitrogens is 1. The molecule has 2 heterocycles. The van der Waals surface area contributed by atoms with Crippen molar-refractivity contribution >= 4 is 17.5 Å². The molecule has 0 saturated heterocycles. The molecular formula is C26H30ClN3O4. The van der Waals surface area contributed by atoms with Crippen LogP contribution in [-0.2, 0) is 0 Å². The largest absolute Gasteiger partial charge is 0.507 e. The number of rotatable bonds is 10. The van der Waals surface area contributed by atoms with Crippen molar-refractivity contribution in [3.63, 3.8) is 0 Å². The first kappa shape index (κ1) is 24.0. The summed E-state index contributed by atoms with van der Waals surface area (Å²) in [6.45, 7) is 7.61. The van der Waals surface area contributed by atoms with Crippen LogP contribution >= 0.6 is 11.6 Å². The number of phenolic OH excluding ortho intramolecular Hbond substituents is 1. The van der Waals surface area contributed by atoms with Gasteiger partial charge in [0, 0.05) is 22.7 Å². The number of halogens is 1. The Hall–Kier alpha value is -3.19. The SMILES string of the molecule is CCCCCN1C(=O)c2[nH]nc(-c3cc(Cl)ccc3O)c2C1c1ccc(OCC)c(OCC)c1.